The maximum atomic E-state index is 11.4. The number of hydrogen-bond acceptors (Lipinski definition) is 9. The fraction of sp³-hybridized carbons (Fsp3) is 0.824. The third kappa shape index (κ3) is 8.37. The van der Waals surface area contributed by atoms with Crippen molar-refractivity contribution in [2.75, 3.05) is 13.2 Å². The van der Waals surface area contributed by atoms with Crippen LogP contribution in [0.2, 0.25) is 25.7 Å². The normalized spacial score (nSPS) is 28.3. The number of carbonyl (C=O) groups excluding carboxylic acids is 3. The lowest BCUT2D eigenvalue weighted by Gasteiger charge is -2.42. The Morgan fingerprint density at radius 2 is 1.52 bits per heavy atom. The van der Waals surface area contributed by atoms with Crippen molar-refractivity contribution in [1.82, 2.24) is 0 Å². The van der Waals surface area contributed by atoms with E-state index < -0.39 is 56.7 Å². The third-order valence-electron chi connectivity index (χ3n) is 3.81. The third-order valence-corrected chi connectivity index (χ3v) is 5.51. The van der Waals surface area contributed by atoms with E-state index in [-0.39, 0.29) is 6.61 Å². The molecule has 0 aromatic rings. The molecule has 156 valence electrons. The van der Waals surface area contributed by atoms with Crippen LogP contribution in [0.1, 0.15) is 20.8 Å². The number of aliphatic hydroxyl groups is 1. The smallest absolute Gasteiger partial charge is 0.303 e. The highest BCUT2D eigenvalue weighted by molar-refractivity contribution is 6.76. The van der Waals surface area contributed by atoms with Crippen LogP contribution in [-0.4, -0.2) is 75.0 Å². The summed E-state index contributed by atoms with van der Waals surface area (Å²) >= 11 is 0. The lowest BCUT2D eigenvalue weighted by atomic mass is 9.98. The highest BCUT2D eigenvalue weighted by atomic mass is 28.3. The van der Waals surface area contributed by atoms with E-state index in [1.54, 1.807) is 0 Å². The zero-order valence-electron chi connectivity index (χ0n) is 16.7. The Balaban J connectivity index is 2.97. The van der Waals surface area contributed by atoms with Crippen LogP contribution in [0.5, 0.6) is 0 Å². The van der Waals surface area contributed by atoms with E-state index in [1.165, 1.54) is 20.8 Å². The Hall–Kier alpha value is -1.49. The van der Waals surface area contributed by atoms with Gasteiger partial charge >= 0.3 is 17.9 Å². The summed E-state index contributed by atoms with van der Waals surface area (Å²) in [5.41, 5.74) is 0. The predicted molar refractivity (Wildman–Crippen MR) is 96.5 cm³/mol. The Labute approximate surface area is 160 Å². The number of carbonyl (C=O) groups is 3. The molecule has 0 aromatic carbocycles. The molecule has 0 amide bonds. The molecule has 1 N–H and O–H groups in total. The molecule has 0 saturated carbocycles. The van der Waals surface area contributed by atoms with Crippen LogP contribution in [0.25, 0.3) is 0 Å². The van der Waals surface area contributed by atoms with E-state index in [4.69, 9.17) is 23.7 Å². The maximum absolute atomic E-state index is 11.4. The van der Waals surface area contributed by atoms with Gasteiger partial charge in [0.2, 0.25) is 0 Å². The Bertz CT molecular complexity index is 529. The molecule has 1 aliphatic heterocycles. The second-order valence-corrected chi connectivity index (χ2v) is 13.3. The van der Waals surface area contributed by atoms with E-state index in [0.29, 0.717) is 6.61 Å². The van der Waals surface area contributed by atoms with Crippen molar-refractivity contribution >= 4 is 26.0 Å². The van der Waals surface area contributed by atoms with Crippen molar-refractivity contribution in [3.8, 4) is 0 Å². The van der Waals surface area contributed by atoms with Gasteiger partial charge in [-0.3, -0.25) is 14.4 Å². The van der Waals surface area contributed by atoms with Crippen LogP contribution < -0.4 is 0 Å². The summed E-state index contributed by atoms with van der Waals surface area (Å²) < 4.78 is 26.7. The summed E-state index contributed by atoms with van der Waals surface area (Å²) in [6, 6.07) is 0.831. The molecule has 0 radical (unpaired) electrons. The predicted octanol–water partition coefficient (Wildman–Crippen LogP) is 0.853. The number of ether oxygens (including phenoxy) is 5. The fourth-order valence-electron chi connectivity index (χ4n) is 2.50. The molecule has 27 heavy (non-hydrogen) atoms. The molecule has 10 heteroatoms. The average Bonchev–Trinajstić information content (AvgIpc) is 2.49. The number of rotatable bonds is 8. The first-order valence-electron chi connectivity index (χ1n) is 8.83. The highest BCUT2D eigenvalue weighted by Gasteiger charge is 2.50. The molecule has 0 unspecified atom stereocenters. The van der Waals surface area contributed by atoms with Gasteiger partial charge in [-0.05, 0) is 6.04 Å². The van der Waals surface area contributed by atoms with Crippen molar-refractivity contribution in [2.45, 2.75) is 77.2 Å². The first-order valence-corrected chi connectivity index (χ1v) is 12.5. The SMILES string of the molecule is CC(=O)OC[C@H]1O[C@@H](OCC[Si](C)(C)C)[C@H](OC(C)=O)[C@@H](O)[C@H]1OC(C)=O. The number of hydrogen-bond donors (Lipinski definition) is 1. The fourth-order valence-corrected chi connectivity index (χ4v) is 3.23. The van der Waals surface area contributed by atoms with Crippen LogP contribution in [0.3, 0.4) is 0 Å². The monoisotopic (exact) mass is 406 g/mol. The van der Waals surface area contributed by atoms with Crippen LogP contribution in [-0.2, 0) is 38.1 Å². The molecule has 5 atom stereocenters. The molecule has 0 aliphatic carbocycles. The van der Waals surface area contributed by atoms with E-state index >= 15 is 0 Å². The molecular formula is C17H30O9Si. The molecule has 0 aromatic heterocycles. The van der Waals surface area contributed by atoms with Gasteiger partial charge < -0.3 is 28.8 Å². The average molecular weight is 407 g/mol. The molecule has 1 aliphatic rings. The van der Waals surface area contributed by atoms with E-state index in [9.17, 15) is 19.5 Å². The van der Waals surface area contributed by atoms with Crippen molar-refractivity contribution < 1.29 is 43.2 Å². The molecule has 1 heterocycles. The van der Waals surface area contributed by atoms with Gasteiger partial charge in [0.1, 0.15) is 18.8 Å². The van der Waals surface area contributed by atoms with E-state index in [0.717, 1.165) is 6.04 Å². The van der Waals surface area contributed by atoms with Gasteiger partial charge in [-0.25, -0.2) is 0 Å². The lowest BCUT2D eigenvalue weighted by molar-refractivity contribution is -0.305. The maximum Gasteiger partial charge on any atom is 0.303 e. The first kappa shape index (κ1) is 23.5. The summed E-state index contributed by atoms with van der Waals surface area (Å²) in [7, 11) is -1.38. The highest BCUT2D eigenvalue weighted by Crippen LogP contribution is 2.28. The standard InChI is InChI=1S/C17H30O9Si/c1-10(18)23-9-13-15(24-11(2)19)14(21)16(25-12(3)20)17(26-13)22-7-8-27(4,5)6/h13-17,21H,7-9H2,1-6H3/t13-,14+,15+,16-,17-/m1/s1. The van der Waals surface area contributed by atoms with Crippen LogP contribution in [0.15, 0.2) is 0 Å². The lowest BCUT2D eigenvalue weighted by Crippen LogP contribution is -2.61. The quantitative estimate of drug-likeness (QED) is 0.355. The molecule has 1 saturated heterocycles. The van der Waals surface area contributed by atoms with Crippen LogP contribution in [0.4, 0.5) is 0 Å². The van der Waals surface area contributed by atoms with E-state index in [2.05, 4.69) is 19.6 Å². The zero-order chi connectivity index (χ0) is 20.8. The minimum Gasteiger partial charge on any atom is -0.463 e. The van der Waals surface area contributed by atoms with Crippen molar-refractivity contribution in [1.29, 1.82) is 0 Å². The van der Waals surface area contributed by atoms with Gasteiger partial charge in [-0.2, -0.15) is 0 Å². The van der Waals surface area contributed by atoms with Gasteiger partial charge in [-0.1, -0.05) is 19.6 Å². The van der Waals surface area contributed by atoms with E-state index in [1.807, 2.05) is 0 Å². The summed E-state index contributed by atoms with van der Waals surface area (Å²) in [6.45, 7) is 10.2. The summed E-state index contributed by atoms with van der Waals surface area (Å²) in [4.78, 5) is 34.0. The number of aliphatic hydroxyl groups excluding tert-OH is 1. The summed E-state index contributed by atoms with van der Waals surface area (Å²) in [5, 5.41) is 10.6. The second kappa shape index (κ2) is 10.2. The summed E-state index contributed by atoms with van der Waals surface area (Å²) in [6.07, 6.45) is -5.79. The van der Waals surface area contributed by atoms with Gasteiger partial charge in [0.05, 0.1) is 0 Å². The van der Waals surface area contributed by atoms with Crippen molar-refractivity contribution in [3.05, 3.63) is 0 Å². The largest absolute Gasteiger partial charge is 0.463 e. The van der Waals surface area contributed by atoms with Gasteiger partial charge in [0.25, 0.3) is 0 Å². The van der Waals surface area contributed by atoms with Crippen molar-refractivity contribution in [2.24, 2.45) is 0 Å². The van der Waals surface area contributed by atoms with Gasteiger partial charge in [0, 0.05) is 35.5 Å². The Kier molecular flexibility index (Phi) is 8.86. The minimum absolute atomic E-state index is 0.245. The Morgan fingerprint density at radius 3 is 2.00 bits per heavy atom. The molecule has 0 bridgehead atoms. The molecule has 9 nitrogen and oxygen atoms in total. The molecule has 1 fully saturated rings. The summed E-state index contributed by atoms with van der Waals surface area (Å²) in [5.74, 6) is -1.84. The Morgan fingerprint density at radius 1 is 0.963 bits per heavy atom. The topological polar surface area (TPSA) is 118 Å². The zero-order valence-corrected chi connectivity index (χ0v) is 17.7. The van der Waals surface area contributed by atoms with Gasteiger partial charge in [-0.15, -0.1) is 0 Å². The minimum atomic E-state index is -1.40. The van der Waals surface area contributed by atoms with Crippen LogP contribution >= 0.6 is 0 Å². The van der Waals surface area contributed by atoms with Crippen molar-refractivity contribution in [3.63, 3.8) is 0 Å². The van der Waals surface area contributed by atoms with Crippen LogP contribution in [0, 0.1) is 0 Å². The van der Waals surface area contributed by atoms with Gasteiger partial charge in [0.15, 0.2) is 18.5 Å². The number of esters is 3. The second-order valence-electron chi connectivity index (χ2n) is 7.67. The molecular weight excluding hydrogens is 376 g/mol. The molecule has 1 rings (SSSR count). The first-order chi connectivity index (χ1) is 12.4. The molecule has 0 spiro atoms.